The zero-order valence-corrected chi connectivity index (χ0v) is 12.7. The Morgan fingerprint density at radius 3 is 2.53 bits per heavy atom. The van der Waals surface area contributed by atoms with E-state index in [0.29, 0.717) is 6.04 Å². The molecule has 0 aliphatic carbocycles. The van der Waals surface area contributed by atoms with Gasteiger partial charge in [-0.1, -0.05) is 30.3 Å². The van der Waals surface area contributed by atoms with E-state index in [1.54, 1.807) is 0 Å². The van der Waals surface area contributed by atoms with Crippen LogP contribution >= 0.6 is 12.4 Å². The number of nitrogens with zero attached hydrogens (tertiary/aromatic N) is 1. The lowest BCUT2D eigenvalue weighted by molar-refractivity contribution is -0.137. The van der Waals surface area contributed by atoms with Gasteiger partial charge in [0.05, 0.1) is 5.41 Å². The Balaban J connectivity index is 0.00000180. The zero-order valence-electron chi connectivity index (χ0n) is 11.8. The van der Waals surface area contributed by atoms with Crippen molar-refractivity contribution < 1.29 is 4.79 Å². The molecule has 0 unspecified atom stereocenters. The van der Waals surface area contributed by atoms with Crippen LogP contribution in [0.1, 0.15) is 26.3 Å². The number of hydrogen-bond acceptors (Lipinski definition) is 2. The van der Waals surface area contributed by atoms with Crippen molar-refractivity contribution in [1.82, 2.24) is 10.2 Å². The molecule has 19 heavy (non-hydrogen) atoms. The topological polar surface area (TPSA) is 32.3 Å². The summed E-state index contributed by atoms with van der Waals surface area (Å²) in [4.78, 5) is 14.6. The van der Waals surface area contributed by atoms with Gasteiger partial charge >= 0.3 is 0 Å². The van der Waals surface area contributed by atoms with Gasteiger partial charge in [0, 0.05) is 25.7 Å². The Kier molecular flexibility index (Phi) is 5.39. The quantitative estimate of drug-likeness (QED) is 0.902. The Bertz CT molecular complexity index is 419. The molecule has 1 amide bonds. The third-order valence-corrected chi connectivity index (χ3v) is 3.69. The Morgan fingerprint density at radius 2 is 1.95 bits per heavy atom. The molecule has 0 radical (unpaired) electrons. The molecule has 106 valence electrons. The fraction of sp³-hybridized carbons (Fsp3) is 0.533. The second-order valence-electron chi connectivity index (χ2n) is 5.60. The monoisotopic (exact) mass is 282 g/mol. The SMILES string of the molecule is C[C@H]1CN(C(=O)C(C)(C)c2ccccc2)CCN1.Cl. The summed E-state index contributed by atoms with van der Waals surface area (Å²) < 4.78 is 0. The maximum atomic E-state index is 12.7. The first-order valence-corrected chi connectivity index (χ1v) is 6.60. The summed E-state index contributed by atoms with van der Waals surface area (Å²) in [6.07, 6.45) is 0. The number of nitrogens with one attached hydrogen (secondary N) is 1. The van der Waals surface area contributed by atoms with Gasteiger partial charge in [0.2, 0.25) is 5.91 Å². The van der Waals surface area contributed by atoms with Crippen LogP contribution in [0, 0.1) is 0 Å². The van der Waals surface area contributed by atoms with E-state index in [0.717, 1.165) is 25.2 Å². The normalized spacial score (nSPS) is 19.7. The van der Waals surface area contributed by atoms with Crippen molar-refractivity contribution in [3.8, 4) is 0 Å². The lowest BCUT2D eigenvalue weighted by Gasteiger charge is -2.37. The molecule has 0 aromatic heterocycles. The minimum atomic E-state index is -0.446. The molecule has 2 rings (SSSR count). The molecular weight excluding hydrogens is 260 g/mol. The highest BCUT2D eigenvalue weighted by molar-refractivity contribution is 5.87. The van der Waals surface area contributed by atoms with Crippen LogP contribution in [-0.2, 0) is 10.2 Å². The Morgan fingerprint density at radius 1 is 1.32 bits per heavy atom. The summed E-state index contributed by atoms with van der Waals surface area (Å²) in [6.45, 7) is 8.63. The largest absolute Gasteiger partial charge is 0.339 e. The summed E-state index contributed by atoms with van der Waals surface area (Å²) in [5.41, 5.74) is 0.638. The minimum Gasteiger partial charge on any atom is -0.339 e. The number of piperazine rings is 1. The predicted molar refractivity (Wildman–Crippen MR) is 80.8 cm³/mol. The van der Waals surface area contributed by atoms with Gasteiger partial charge in [-0.2, -0.15) is 0 Å². The number of carbonyl (C=O) groups excluding carboxylic acids is 1. The van der Waals surface area contributed by atoms with E-state index < -0.39 is 5.41 Å². The molecule has 0 bridgehead atoms. The summed E-state index contributed by atoms with van der Waals surface area (Å²) >= 11 is 0. The lowest BCUT2D eigenvalue weighted by atomic mass is 9.83. The fourth-order valence-electron chi connectivity index (χ4n) is 2.49. The van der Waals surface area contributed by atoms with E-state index in [9.17, 15) is 4.79 Å². The molecule has 4 heteroatoms. The number of amides is 1. The molecule has 1 N–H and O–H groups in total. The van der Waals surface area contributed by atoms with Gasteiger partial charge in [-0.25, -0.2) is 0 Å². The van der Waals surface area contributed by atoms with E-state index in [1.807, 2.05) is 49.1 Å². The van der Waals surface area contributed by atoms with Crippen molar-refractivity contribution in [2.75, 3.05) is 19.6 Å². The molecule has 1 aliphatic heterocycles. The number of halogens is 1. The second kappa shape index (κ2) is 6.40. The average Bonchev–Trinajstić information content (AvgIpc) is 2.39. The highest BCUT2D eigenvalue weighted by Gasteiger charge is 2.34. The molecule has 1 saturated heterocycles. The van der Waals surface area contributed by atoms with Crippen LogP contribution in [0.2, 0.25) is 0 Å². The fourth-order valence-corrected chi connectivity index (χ4v) is 2.49. The lowest BCUT2D eigenvalue weighted by Crippen LogP contribution is -2.55. The van der Waals surface area contributed by atoms with E-state index in [4.69, 9.17) is 0 Å². The van der Waals surface area contributed by atoms with E-state index in [1.165, 1.54) is 0 Å². The zero-order chi connectivity index (χ0) is 13.2. The van der Waals surface area contributed by atoms with Crippen LogP contribution in [0.3, 0.4) is 0 Å². The van der Waals surface area contributed by atoms with Gasteiger partial charge in [0.1, 0.15) is 0 Å². The molecule has 1 aromatic rings. The summed E-state index contributed by atoms with van der Waals surface area (Å²) in [5.74, 6) is 0.224. The first-order chi connectivity index (χ1) is 8.51. The number of rotatable bonds is 2. The summed E-state index contributed by atoms with van der Waals surface area (Å²) in [6, 6.07) is 10.4. The van der Waals surface area contributed by atoms with Crippen LogP contribution < -0.4 is 5.32 Å². The van der Waals surface area contributed by atoms with Gasteiger partial charge in [-0.05, 0) is 26.3 Å². The Labute approximate surface area is 121 Å². The molecular formula is C15H23ClN2O. The maximum Gasteiger partial charge on any atom is 0.232 e. The van der Waals surface area contributed by atoms with Crippen molar-refractivity contribution in [3.63, 3.8) is 0 Å². The first kappa shape index (κ1) is 16.0. The molecule has 1 aliphatic rings. The van der Waals surface area contributed by atoms with Crippen LogP contribution in [-0.4, -0.2) is 36.5 Å². The van der Waals surface area contributed by atoms with Crippen LogP contribution in [0.5, 0.6) is 0 Å². The minimum absolute atomic E-state index is 0. The summed E-state index contributed by atoms with van der Waals surface area (Å²) in [5, 5.41) is 3.36. The van der Waals surface area contributed by atoms with Crippen LogP contribution in [0.15, 0.2) is 30.3 Å². The van der Waals surface area contributed by atoms with Crippen molar-refractivity contribution >= 4 is 18.3 Å². The van der Waals surface area contributed by atoms with E-state index >= 15 is 0 Å². The van der Waals surface area contributed by atoms with E-state index in [-0.39, 0.29) is 18.3 Å². The molecule has 1 atom stereocenters. The highest BCUT2D eigenvalue weighted by Crippen LogP contribution is 2.25. The van der Waals surface area contributed by atoms with Gasteiger partial charge < -0.3 is 10.2 Å². The van der Waals surface area contributed by atoms with Crippen molar-refractivity contribution in [3.05, 3.63) is 35.9 Å². The van der Waals surface area contributed by atoms with Crippen LogP contribution in [0.4, 0.5) is 0 Å². The third kappa shape index (κ3) is 3.48. The van der Waals surface area contributed by atoms with Gasteiger partial charge in [0.15, 0.2) is 0 Å². The van der Waals surface area contributed by atoms with Gasteiger partial charge in [0.25, 0.3) is 0 Å². The highest BCUT2D eigenvalue weighted by atomic mass is 35.5. The average molecular weight is 283 g/mol. The summed E-state index contributed by atoms with van der Waals surface area (Å²) in [7, 11) is 0. The molecule has 3 nitrogen and oxygen atoms in total. The van der Waals surface area contributed by atoms with Gasteiger partial charge in [-0.3, -0.25) is 4.79 Å². The number of carbonyl (C=O) groups is 1. The van der Waals surface area contributed by atoms with Crippen LogP contribution in [0.25, 0.3) is 0 Å². The Hall–Kier alpha value is -1.06. The van der Waals surface area contributed by atoms with E-state index in [2.05, 4.69) is 12.2 Å². The van der Waals surface area contributed by atoms with Gasteiger partial charge in [-0.15, -0.1) is 12.4 Å². The molecule has 1 aromatic carbocycles. The molecule has 1 heterocycles. The molecule has 0 saturated carbocycles. The van der Waals surface area contributed by atoms with Crippen molar-refractivity contribution in [1.29, 1.82) is 0 Å². The van der Waals surface area contributed by atoms with Crippen molar-refractivity contribution in [2.24, 2.45) is 0 Å². The molecule has 1 fully saturated rings. The third-order valence-electron chi connectivity index (χ3n) is 3.69. The molecule has 0 spiro atoms. The first-order valence-electron chi connectivity index (χ1n) is 6.60. The predicted octanol–water partition coefficient (Wildman–Crippen LogP) is 2.21. The standard InChI is InChI=1S/C15H22N2O.ClH/c1-12-11-17(10-9-16-12)14(18)15(2,3)13-7-5-4-6-8-13;/h4-8,12,16H,9-11H2,1-3H3;1H/t12-;/m0./s1. The van der Waals surface area contributed by atoms with Crippen molar-refractivity contribution in [2.45, 2.75) is 32.2 Å². The smallest absolute Gasteiger partial charge is 0.232 e. The maximum absolute atomic E-state index is 12.7. The number of benzene rings is 1. The number of hydrogen-bond donors (Lipinski definition) is 1. The second-order valence-corrected chi connectivity index (χ2v) is 5.60.